The van der Waals surface area contributed by atoms with E-state index in [1.807, 2.05) is 11.8 Å². The zero-order valence-electron chi connectivity index (χ0n) is 10.4. The number of hydrogen-bond acceptors (Lipinski definition) is 3. The Morgan fingerprint density at radius 2 is 2.12 bits per heavy atom. The molecule has 0 bridgehead atoms. The summed E-state index contributed by atoms with van der Waals surface area (Å²) in [4.78, 5) is 4.83. The van der Waals surface area contributed by atoms with Gasteiger partial charge in [0.25, 0.3) is 0 Å². The predicted octanol–water partition coefficient (Wildman–Crippen LogP) is 2.56. The molecule has 0 radical (unpaired) electrons. The summed E-state index contributed by atoms with van der Waals surface area (Å²) in [6, 6.07) is 0.400. The van der Waals surface area contributed by atoms with Crippen molar-refractivity contribution >= 4 is 16.9 Å². The molecule has 1 atom stereocenters. The first-order valence-electron chi connectivity index (χ1n) is 6.93. The molecule has 0 amide bonds. The molecule has 0 aromatic rings. The fraction of sp³-hybridized carbons (Fsp3) is 0.923. The predicted molar refractivity (Wildman–Crippen MR) is 72.7 cm³/mol. The lowest BCUT2D eigenvalue weighted by atomic mass is 9.83. The van der Waals surface area contributed by atoms with Gasteiger partial charge in [-0.05, 0) is 25.7 Å². The SMILES string of the molecule is C1CCC2(CC1)CSC(=NC1CCCOC1)N2. The number of nitrogens with one attached hydrogen (secondary N) is 1. The van der Waals surface area contributed by atoms with Crippen LogP contribution in [0, 0.1) is 0 Å². The van der Waals surface area contributed by atoms with Gasteiger partial charge in [-0.1, -0.05) is 31.0 Å². The van der Waals surface area contributed by atoms with E-state index in [1.54, 1.807) is 0 Å². The molecular formula is C13H22N2OS. The van der Waals surface area contributed by atoms with Gasteiger partial charge in [-0.2, -0.15) is 0 Å². The molecule has 2 heterocycles. The maximum Gasteiger partial charge on any atom is 0.157 e. The van der Waals surface area contributed by atoms with E-state index in [-0.39, 0.29) is 0 Å². The van der Waals surface area contributed by atoms with E-state index >= 15 is 0 Å². The second kappa shape index (κ2) is 5.19. The van der Waals surface area contributed by atoms with Crippen LogP contribution in [0.5, 0.6) is 0 Å². The van der Waals surface area contributed by atoms with Gasteiger partial charge in [-0.25, -0.2) is 0 Å². The number of hydrogen-bond donors (Lipinski definition) is 1. The fourth-order valence-corrected chi connectivity index (χ4v) is 4.35. The molecule has 2 aliphatic heterocycles. The molecule has 17 heavy (non-hydrogen) atoms. The third kappa shape index (κ3) is 2.79. The van der Waals surface area contributed by atoms with E-state index in [1.165, 1.54) is 49.4 Å². The Labute approximate surface area is 108 Å². The van der Waals surface area contributed by atoms with Crippen LogP contribution < -0.4 is 5.32 Å². The van der Waals surface area contributed by atoms with Crippen molar-refractivity contribution in [2.24, 2.45) is 4.99 Å². The van der Waals surface area contributed by atoms with Gasteiger partial charge in [0.15, 0.2) is 5.17 Å². The monoisotopic (exact) mass is 254 g/mol. The first-order valence-corrected chi connectivity index (χ1v) is 7.91. The lowest BCUT2D eigenvalue weighted by molar-refractivity contribution is 0.0828. The minimum Gasteiger partial charge on any atom is -0.379 e. The molecule has 3 rings (SSSR count). The summed E-state index contributed by atoms with van der Waals surface area (Å²) >= 11 is 1.92. The summed E-state index contributed by atoms with van der Waals surface area (Å²) in [7, 11) is 0. The lowest BCUT2D eigenvalue weighted by Gasteiger charge is -2.32. The summed E-state index contributed by atoms with van der Waals surface area (Å²) in [6.45, 7) is 1.74. The third-order valence-corrected chi connectivity index (χ3v) is 5.28. The smallest absolute Gasteiger partial charge is 0.157 e. The zero-order valence-corrected chi connectivity index (χ0v) is 11.2. The average Bonchev–Trinajstić information content (AvgIpc) is 2.74. The molecule has 1 saturated carbocycles. The topological polar surface area (TPSA) is 33.6 Å². The van der Waals surface area contributed by atoms with Crippen molar-refractivity contribution in [2.45, 2.75) is 56.5 Å². The second-order valence-corrected chi connectivity index (χ2v) is 6.52. The second-order valence-electron chi connectivity index (χ2n) is 5.56. The molecule has 96 valence electrons. The van der Waals surface area contributed by atoms with Crippen LogP contribution in [0.3, 0.4) is 0 Å². The Hall–Kier alpha value is -0.220. The molecular weight excluding hydrogens is 232 g/mol. The Morgan fingerprint density at radius 3 is 2.88 bits per heavy atom. The van der Waals surface area contributed by atoms with E-state index in [2.05, 4.69) is 5.32 Å². The van der Waals surface area contributed by atoms with E-state index in [9.17, 15) is 0 Å². The van der Waals surface area contributed by atoms with Crippen LogP contribution in [0.4, 0.5) is 0 Å². The van der Waals surface area contributed by atoms with Crippen molar-refractivity contribution < 1.29 is 4.74 Å². The molecule has 1 N–H and O–H groups in total. The normalized spacial score (nSPS) is 35.1. The highest BCUT2D eigenvalue weighted by molar-refractivity contribution is 8.14. The summed E-state index contributed by atoms with van der Waals surface area (Å²) in [6.07, 6.45) is 9.20. The number of aliphatic imine (C=N–C) groups is 1. The first-order chi connectivity index (χ1) is 8.36. The van der Waals surface area contributed by atoms with Gasteiger partial charge in [0.2, 0.25) is 0 Å². The number of rotatable bonds is 1. The van der Waals surface area contributed by atoms with E-state index in [0.29, 0.717) is 11.6 Å². The van der Waals surface area contributed by atoms with E-state index in [0.717, 1.165) is 19.6 Å². The lowest BCUT2D eigenvalue weighted by Crippen LogP contribution is -2.45. The van der Waals surface area contributed by atoms with Crippen LogP contribution in [0.2, 0.25) is 0 Å². The molecule has 4 heteroatoms. The maximum absolute atomic E-state index is 5.49. The van der Waals surface area contributed by atoms with Crippen molar-refractivity contribution in [2.75, 3.05) is 19.0 Å². The van der Waals surface area contributed by atoms with Crippen molar-refractivity contribution in [3.05, 3.63) is 0 Å². The number of thioether (sulfide) groups is 1. The fourth-order valence-electron chi connectivity index (χ4n) is 3.06. The van der Waals surface area contributed by atoms with Gasteiger partial charge in [0.1, 0.15) is 0 Å². The minimum atomic E-state index is 0.386. The van der Waals surface area contributed by atoms with Crippen LogP contribution >= 0.6 is 11.8 Å². The summed E-state index contributed by atoms with van der Waals surface area (Å²) < 4.78 is 5.49. The van der Waals surface area contributed by atoms with Gasteiger partial charge >= 0.3 is 0 Å². The van der Waals surface area contributed by atoms with Gasteiger partial charge in [0.05, 0.1) is 12.6 Å². The molecule has 1 aliphatic carbocycles. The van der Waals surface area contributed by atoms with E-state index < -0.39 is 0 Å². The van der Waals surface area contributed by atoms with Crippen LogP contribution in [0.15, 0.2) is 4.99 Å². The molecule has 3 fully saturated rings. The molecule has 1 unspecified atom stereocenters. The highest BCUT2D eigenvalue weighted by Gasteiger charge is 2.38. The van der Waals surface area contributed by atoms with Crippen molar-refractivity contribution in [3.63, 3.8) is 0 Å². The summed E-state index contributed by atoms with van der Waals surface area (Å²) in [5.41, 5.74) is 0.386. The van der Waals surface area contributed by atoms with Gasteiger partial charge in [-0.15, -0.1) is 0 Å². The third-order valence-electron chi connectivity index (χ3n) is 4.10. The quantitative estimate of drug-likeness (QED) is 0.781. The molecule has 2 saturated heterocycles. The molecule has 3 nitrogen and oxygen atoms in total. The summed E-state index contributed by atoms with van der Waals surface area (Å²) in [5, 5.41) is 4.89. The summed E-state index contributed by atoms with van der Waals surface area (Å²) in [5.74, 6) is 1.22. The van der Waals surface area contributed by atoms with Crippen molar-refractivity contribution in [3.8, 4) is 0 Å². The van der Waals surface area contributed by atoms with Crippen molar-refractivity contribution in [1.29, 1.82) is 0 Å². The highest BCUT2D eigenvalue weighted by atomic mass is 32.2. The van der Waals surface area contributed by atoms with Gasteiger partial charge in [-0.3, -0.25) is 4.99 Å². The maximum atomic E-state index is 5.49. The van der Waals surface area contributed by atoms with Crippen LogP contribution in [-0.2, 0) is 4.74 Å². The van der Waals surface area contributed by atoms with Crippen LogP contribution in [-0.4, -0.2) is 35.7 Å². The van der Waals surface area contributed by atoms with Crippen molar-refractivity contribution in [1.82, 2.24) is 5.32 Å². The number of ether oxygens (including phenoxy) is 1. The Balaban J connectivity index is 1.60. The zero-order chi connectivity index (χ0) is 11.6. The first kappa shape index (κ1) is 11.8. The van der Waals surface area contributed by atoms with Crippen LogP contribution in [0.25, 0.3) is 0 Å². The number of amidine groups is 1. The standard InChI is InChI=1S/C13H22N2OS/c1-2-6-13(7-3-1)10-17-12(15-13)14-11-5-4-8-16-9-11/h11H,1-10H2,(H,14,15). The van der Waals surface area contributed by atoms with Gasteiger partial charge < -0.3 is 10.1 Å². The van der Waals surface area contributed by atoms with Crippen LogP contribution in [0.1, 0.15) is 44.9 Å². The average molecular weight is 254 g/mol. The molecule has 0 aromatic carbocycles. The van der Waals surface area contributed by atoms with Gasteiger partial charge in [0, 0.05) is 17.9 Å². The Bertz CT molecular complexity index is 294. The molecule has 1 spiro atoms. The number of nitrogens with zero attached hydrogens (tertiary/aromatic N) is 1. The minimum absolute atomic E-state index is 0.386. The molecule has 3 aliphatic rings. The highest BCUT2D eigenvalue weighted by Crippen LogP contribution is 2.36. The Kier molecular flexibility index (Phi) is 3.61. The molecule has 0 aromatic heterocycles. The van der Waals surface area contributed by atoms with E-state index in [4.69, 9.17) is 9.73 Å². The Morgan fingerprint density at radius 1 is 1.24 bits per heavy atom. The largest absolute Gasteiger partial charge is 0.379 e.